The number of hydrogen-bond donors (Lipinski definition) is 1. The van der Waals surface area contributed by atoms with E-state index in [2.05, 4.69) is 20.5 Å². The number of H-pyrrole nitrogens is 1. The van der Waals surface area contributed by atoms with E-state index < -0.39 is 0 Å². The van der Waals surface area contributed by atoms with Gasteiger partial charge in [0.25, 0.3) is 5.91 Å². The first-order valence-corrected chi connectivity index (χ1v) is 8.38. The smallest absolute Gasteiger partial charge is 0.290 e. The van der Waals surface area contributed by atoms with Gasteiger partial charge in [0.1, 0.15) is 12.3 Å². The maximum atomic E-state index is 13.0. The van der Waals surface area contributed by atoms with Gasteiger partial charge in [-0.2, -0.15) is 5.10 Å². The summed E-state index contributed by atoms with van der Waals surface area (Å²) in [5, 5.41) is 15.0. The lowest BCUT2D eigenvalue weighted by molar-refractivity contribution is 0.0700. The number of aromatic nitrogens is 5. The average Bonchev–Trinajstić information content (AvgIpc) is 3.36. The summed E-state index contributed by atoms with van der Waals surface area (Å²) in [6, 6.07) is 3.60. The molecule has 25 heavy (non-hydrogen) atoms. The van der Waals surface area contributed by atoms with E-state index in [9.17, 15) is 4.79 Å². The Morgan fingerprint density at radius 1 is 1.40 bits per heavy atom. The van der Waals surface area contributed by atoms with E-state index in [1.165, 1.54) is 0 Å². The van der Waals surface area contributed by atoms with Crippen LogP contribution in [0.5, 0.6) is 0 Å². The van der Waals surface area contributed by atoms with Crippen LogP contribution in [0, 0.1) is 13.8 Å². The Morgan fingerprint density at radius 3 is 3.00 bits per heavy atom. The Morgan fingerprint density at radius 2 is 2.28 bits per heavy atom. The number of nitrogens with one attached hydrogen (secondary N) is 1. The van der Waals surface area contributed by atoms with Crippen LogP contribution in [0.3, 0.4) is 0 Å². The maximum absolute atomic E-state index is 13.0. The molecule has 0 spiro atoms. The lowest BCUT2D eigenvalue weighted by Crippen LogP contribution is -2.30. The summed E-state index contributed by atoms with van der Waals surface area (Å²) < 4.78 is 7.41. The van der Waals surface area contributed by atoms with Gasteiger partial charge in [-0.1, -0.05) is 5.21 Å². The molecule has 3 aromatic heterocycles. The minimum Gasteiger partial charge on any atom is -0.454 e. The third-order valence-electron chi connectivity index (χ3n) is 4.69. The number of nitrogens with zero attached hydrogens (tertiary/aromatic N) is 5. The van der Waals surface area contributed by atoms with Gasteiger partial charge in [-0.15, -0.1) is 5.10 Å². The summed E-state index contributed by atoms with van der Waals surface area (Å²) in [5.41, 5.74) is 3.10. The lowest BCUT2D eigenvalue weighted by Gasteiger charge is -2.24. The van der Waals surface area contributed by atoms with Gasteiger partial charge in [0.05, 0.1) is 17.9 Å². The highest BCUT2D eigenvalue weighted by Gasteiger charge is 2.34. The van der Waals surface area contributed by atoms with Crippen LogP contribution in [0.2, 0.25) is 0 Å². The van der Waals surface area contributed by atoms with Gasteiger partial charge < -0.3 is 9.32 Å². The van der Waals surface area contributed by atoms with E-state index in [1.807, 2.05) is 24.8 Å². The third-order valence-corrected chi connectivity index (χ3v) is 4.69. The van der Waals surface area contributed by atoms with Crippen molar-refractivity contribution in [1.29, 1.82) is 0 Å². The molecule has 1 amide bonds. The molecule has 1 aliphatic rings. The number of hydrogen-bond acceptors (Lipinski definition) is 5. The van der Waals surface area contributed by atoms with Gasteiger partial charge in [0, 0.05) is 24.0 Å². The Balaban J connectivity index is 1.55. The number of aryl methyl sites for hydroxylation is 2. The molecule has 1 atom stereocenters. The number of likely N-dealkylation sites (tertiary alicyclic amines) is 1. The summed E-state index contributed by atoms with van der Waals surface area (Å²) in [7, 11) is 0. The van der Waals surface area contributed by atoms with Gasteiger partial charge in [-0.3, -0.25) is 9.89 Å². The topological polar surface area (TPSA) is 92.8 Å². The zero-order valence-electron chi connectivity index (χ0n) is 14.3. The molecule has 8 nitrogen and oxygen atoms in total. The van der Waals surface area contributed by atoms with E-state index in [4.69, 9.17) is 4.42 Å². The van der Waals surface area contributed by atoms with Crippen molar-refractivity contribution in [2.75, 3.05) is 6.54 Å². The summed E-state index contributed by atoms with van der Waals surface area (Å²) in [4.78, 5) is 14.8. The van der Waals surface area contributed by atoms with E-state index in [1.54, 1.807) is 23.1 Å². The predicted octanol–water partition coefficient (Wildman–Crippen LogP) is 2.24. The highest BCUT2D eigenvalue weighted by atomic mass is 16.4. The fourth-order valence-corrected chi connectivity index (χ4v) is 3.56. The van der Waals surface area contributed by atoms with Gasteiger partial charge >= 0.3 is 0 Å². The molecule has 4 rings (SSSR count). The lowest BCUT2D eigenvalue weighted by atomic mass is 10.0. The molecule has 1 saturated heterocycles. The first-order valence-electron chi connectivity index (χ1n) is 8.38. The number of amides is 1. The molecule has 1 fully saturated rings. The fourth-order valence-electron chi connectivity index (χ4n) is 3.56. The van der Waals surface area contributed by atoms with Crippen LogP contribution < -0.4 is 0 Å². The molecule has 130 valence electrons. The maximum Gasteiger partial charge on any atom is 0.290 e. The monoisotopic (exact) mass is 340 g/mol. The van der Waals surface area contributed by atoms with Crippen molar-refractivity contribution in [1.82, 2.24) is 30.1 Å². The van der Waals surface area contributed by atoms with Crippen LogP contribution in [-0.2, 0) is 6.54 Å². The van der Waals surface area contributed by atoms with Crippen molar-refractivity contribution in [3.63, 3.8) is 0 Å². The number of carbonyl (C=O) groups is 1. The van der Waals surface area contributed by atoms with Crippen molar-refractivity contribution in [2.24, 2.45) is 0 Å². The van der Waals surface area contributed by atoms with E-state index >= 15 is 0 Å². The molecule has 0 radical (unpaired) electrons. The van der Waals surface area contributed by atoms with Crippen LogP contribution in [0.15, 0.2) is 28.9 Å². The Hall–Kier alpha value is -2.90. The molecule has 3 aromatic rings. The van der Waals surface area contributed by atoms with Crippen molar-refractivity contribution in [2.45, 2.75) is 39.3 Å². The van der Waals surface area contributed by atoms with Crippen LogP contribution >= 0.6 is 0 Å². The van der Waals surface area contributed by atoms with Crippen molar-refractivity contribution in [3.8, 4) is 0 Å². The number of furan rings is 1. The van der Waals surface area contributed by atoms with Gasteiger partial charge in [-0.05, 0) is 38.8 Å². The molecule has 0 saturated carbocycles. The Kier molecular flexibility index (Phi) is 3.87. The van der Waals surface area contributed by atoms with Gasteiger partial charge in [0.15, 0.2) is 5.76 Å². The second-order valence-corrected chi connectivity index (χ2v) is 6.37. The number of carbonyl (C=O) groups excluding carboxylic acids is 1. The Labute approximate surface area is 144 Å². The van der Waals surface area contributed by atoms with Crippen LogP contribution in [-0.4, -0.2) is 42.5 Å². The fraction of sp³-hybridized carbons (Fsp3) is 0.412. The first-order chi connectivity index (χ1) is 12.1. The van der Waals surface area contributed by atoms with E-state index in [0.717, 1.165) is 36.3 Å². The molecule has 0 aliphatic carbocycles. The van der Waals surface area contributed by atoms with E-state index in [-0.39, 0.29) is 11.9 Å². The van der Waals surface area contributed by atoms with Crippen molar-refractivity contribution < 1.29 is 9.21 Å². The molecule has 1 aliphatic heterocycles. The minimum absolute atomic E-state index is 0.0510. The number of rotatable bonds is 4. The summed E-state index contributed by atoms with van der Waals surface area (Å²) in [6.45, 7) is 5.16. The van der Waals surface area contributed by atoms with Crippen LogP contribution in [0.1, 0.15) is 52.1 Å². The quantitative estimate of drug-likeness (QED) is 0.786. The molecular formula is C17H20N6O2. The molecule has 4 heterocycles. The highest BCUT2D eigenvalue weighted by Crippen LogP contribution is 2.35. The standard InChI is InChI=1S/C17H20N6O2/c1-11-16(12(2)20-19-11)14-4-3-8-23(14)17(24)15-6-5-13(25-15)10-22-9-7-18-21-22/h5-7,9,14H,3-4,8,10H2,1-2H3,(H,19,20). The molecule has 1 N–H and O–H groups in total. The zero-order valence-corrected chi connectivity index (χ0v) is 14.3. The van der Waals surface area contributed by atoms with Crippen LogP contribution in [0.25, 0.3) is 0 Å². The van der Waals surface area contributed by atoms with Crippen LogP contribution in [0.4, 0.5) is 0 Å². The Bertz CT molecular complexity index is 859. The van der Waals surface area contributed by atoms with Gasteiger partial charge in [0.2, 0.25) is 0 Å². The van der Waals surface area contributed by atoms with Gasteiger partial charge in [-0.25, -0.2) is 4.68 Å². The number of aromatic amines is 1. The van der Waals surface area contributed by atoms with Crippen molar-refractivity contribution >= 4 is 5.91 Å². The molecular weight excluding hydrogens is 320 g/mol. The molecule has 8 heteroatoms. The highest BCUT2D eigenvalue weighted by molar-refractivity contribution is 5.92. The second kappa shape index (κ2) is 6.19. The summed E-state index contributed by atoms with van der Waals surface area (Å²) >= 11 is 0. The molecule has 0 bridgehead atoms. The molecule has 0 aromatic carbocycles. The molecule has 1 unspecified atom stereocenters. The first kappa shape index (κ1) is 15.6. The second-order valence-electron chi connectivity index (χ2n) is 6.37. The minimum atomic E-state index is -0.0765. The summed E-state index contributed by atoms with van der Waals surface area (Å²) in [5.74, 6) is 0.966. The van der Waals surface area contributed by atoms with E-state index in [0.29, 0.717) is 18.1 Å². The average molecular weight is 340 g/mol. The predicted molar refractivity (Wildman–Crippen MR) is 88.9 cm³/mol. The normalized spacial score (nSPS) is 17.4. The zero-order chi connectivity index (χ0) is 17.4. The van der Waals surface area contributed by atoms with Crippen molar-refractivity contribution in [3.05, 3.63) is 53.0 Å². The SMILES string of the molecule is Cc1n[nH]c(C)c1C1CCCN1C(=O)c1ccc(Cn2ccnn2)o1. The largest absolute Gasteiger partial charge is 0.454 e. The third kappa shape index (κ3) is 2.84. The summed E-state index contributed by atoms with van der Waals surface area (Å²) in [6.07, 6.45) is 5.29.